The highest BCUT2D eigenvalue weighted by molar-refractivity contribution is 7.08. The van der Waals surface area contributed by atoms with Crippen molar-refractivity contribution in [3.8, 4) is 5.75 Å². The number of phenolic OH excluding ortho intramolecular Hbond substituents is 1. The first-order valence-corrected chi connectivity index (χ1v) is 6.87. The molecule has 0 saturated carbocycles. The molecule has 0 unspecified atom stereocenters. The molecular weight excluding hydrogens is 294 g/mol. The van der Waals surface area contributed by atoms with E-state index in [1.807, 2.05) is 13.8 Å². The van der Waals surface area contributed by atoms with Crippen LogP contribution in [0.1, 0.15) is 45.5 Å². The molecule has 1 aromatic carbocycles. The van der Waals surface area contributed by atoms with Gasteiger partial charge in [0.1, 0.15) is 10.6 Å². The first-order chi connectivity index (χ1) is 9.90. The van der Waals surface area contributed by atoms with Gasteiger partial charge in [-0.15, -0.1) is 5.10 Å². The van der Waals surface area contributed by atoms with E-state index in [1.165, 1.54) is 12.1 Å². The van der Waals surface area contributed by atoms with Gasteiger partial charge in [0.05, 0.1) is 16.9 Å². The molecule has 2 aromatic rings. The third kappa shape index (κ3) is 3.16. The van der Waals surface area contributed by atoms with Crippen molar-refractivity contribution in [2.24, 2.45) is 0 Å². The molecule has 0 fully saturated rings. The van der Waals surface area contributed by atoms with Gasteiger partial charge in [-0.2, -0.15) is 0 Å². The Labute approximate surface area is 124 Å². The Morgan fingerprint density at radius 1 is 1.33 bits per heavy atom. The van der Waals surface area contributed by atoms with Crippen LogP contribution in [0.25, 0.3) is 0 Å². The fourth-order valence-electron chi connectivity index (χ4n) is 1.68. The van der Waals surface area contributed by atoms with E-state index < -0.39 is 11.9 Å². The molecule has 21 heavy (non-hydrogen) atoms. The third-order valence-electron chi connectivity index (χ3n) is 2.76. The molecule has 1 heterocycles. The van der Waals surface area contributed by atoms with Gasteiger partial charge in [0.25, 0.3) is 5.91 Å². The van der Waals surface area contributed by atoms with E-state index in [2.05, 4.69) is 14.9 Å². The predicted octanol–water partition coefficient (Wildman–Crippen LogP) is 2.32. The zero-order valence-corrected chi connectivity index (χ0v) is 12.1. The monoisotopic (exact) mass is 307 g/mol. The minimum absolute atomic E-state index is 0.0486. The lowest BCUT2D eigenvalue weighted by atomic mass is 10.1. The van der Waals surface area contributed by atoms with Gasteiger partial charge in [0.2, 0.25) is 0 Å². The summed E-state index contributed by atoms with van der Waals surface area (Å²) in [6, 6.07) is 3.71. The largest absolute Gasteiger partial charge is 0.506 e. The first-order valence-electron chi connectivity index (χ1n) is 6.10. The number of aromatic hydroxyl groups is 1. The van der Waals surface area contributed by atoms with Gasteiger partial charge in [-0.1, -0.05) is 18.3 Å². The number of nitrogens with one attached hydrogen (secondary N) is 1. The molecule has 0 saturated heterocycles. The SMILES string of the molecule is CC(C)c1nnsc1C(=O)Nc1ccc(C(=O)O)cc1O. The van der Waals surface area contributed by atoms with Gasteiger partial charge in [0, 0.05) is 0 Å². The Morgan fingerprint density at radius 3 is 2.62 bits per heavy atom. The van der Waals surface area contributed by atoms with Crippen LogP contribution in [-0.4, -0.2) is 31.7 Å². The van der Waals surface area contributed by atoms with Gasteiger partial charge in [-0.25, -0.2) is 4.79 Å². The molecule has 0 aliphatic heterocycles. The van der Waals surface area contributed by atoms with Crippen molar-refractivity contribution in [3.63, 3.8) is 0 Å². The first kappa shape index (κ1) is 14.9. The van der Waals surface area contributed by atoms with Crippen molar-refractivity contribution in [1.82, 2.24) is 9.59 Å². The average molecular weight is 307 g/mol. The lowest BCUT2D eigenvalue weighted by Gasteiger charge is -2.08. The van der Waals surface area contributed by atoms with E-state index in [1.54, 1.807) is 0 Å². The van der Waals surface area contributed by atoms with Crippen LogP contribution in [0, 0.1) is 0 Å². The summed E-state index contributed by atoms with van der Waals surface area (Å²) in [6.07, 6.45) is 0. The topological polar surface area (TPSA) is 112 Å². The van der Waals surface area contributed by atoms with Crippen LogP contribution in [0.4, 0.5) is 5.69 Å². The molecule has 0 radical (unpaired) electrons. The van der Waals surface area contributed by atoms with Crippen molar-refractivity contribution < 1.29 is 19.8 Å². The van der Waals surface area contributed by atoms with Gasteiger partial charge in [0.15, 0.2) is 0 Å². The number of carboxylic acid groups (broad SMARTS) is 1. The Bertz CT molecular complexity index is 696. The molecule has 0 bridgehead atoms. The zero-order chi connectivity index (χ0) is 15.6. The van der Waals surface area contributed by atoms with Gasteiger partial charge < -0.3 is 15.5 Å². The number of carbonyl (C=O) groups is 2. The number of aromatic carboxylic acids is 1. The Hall–Kier alpha value is -2.48. The number of amides is 1. The van der Waals surface area contributed by atoms with E-state index in [4.69, 9.17) is 5.11 Å². The van der Waals surface area contributed by atoms with Gasteiger partial charge in [-0.3, -0.25) is 4.79 Å². The van der Waals surface area contributed by atoms with Crippen LogP contribution in [0.5, 0.6) is 5.75 Å². The molecule has 7 nitrogen and oxygen atoms in total. The summed E-state index contributed by atoms with van der Waals surface area (Å²) in [5.41, 5.74) is 0.653. The summed E-state index contributed by atoms with van der Waals surface area (Å²) in [5.74, 6) is -1.86. The second-order valence-corrected chi connectivity index (χ2v) is 5.39. The van der Waals surface area contributed by atoms with Crippen molar-refractivity contribution >= 4 is 29.1 Å². The Morgan fingerprint density at radius 2 is 2.05 bits per heavy atom. The molecule has 0 aliphatic carbocycles. The van der Waals surface area contributed by atoms with Crippen LogP contribution < -0.4 is 5.32 Å². The van der Waals surface area contributed by atoms with Crippen LogP contribution in [-0.2, 0) is 0 Å². The highest BCUT2D eigenvalue weighted by Gasteiger charge is 2.20. The molecule has 0 aliphatic rings. The van der Waals surface area contributed by atoms with E-state index in [-0.39, 0.29) is 22.9 Å². The number of carbonyl (C=O) groups excluding carboxylic acids is 1. The maximum absolute atomic E-state index is 12.2. The number of rotatable bonds is 4. The van der Waals surface area contributed by atoms with Crippen molar-refractivity contribution in [2.75, 3.05) is 5.32 Å². The molecule has 1 amide bonds. The number of benzene rings is 1. The molecule has 2 rings (SSSR count). The van der Waals surface area contributed by atoms with Gasteiger partial charge in [-0.05, 0) is 35.6 Å². The van der Waals surface area contributed by atoms with Crippen LogP contribution in [0.15, 0.2) is 18.2 Å². The van der Waals surface area contributed by atoms with Crippen LogP contribution >= 0.6 is 11.5 Å². The minimum atomic E-state index is -1.16. The lowest BCUT2D eigenvalue weighted by Crippen LogP contribution is -2.13. The number of anilines is 1. The van der Waals surface area contributed by atoms with E-state index in [0.29, 0.717) is 10.6 Å². The fourth-order valence-corrected chi connectivity index (χ4v) is 2.40. The van der Waals surface area contributed by atoms with Crippen LogP contribution in [0.3, 0.4) is 0 Å². The van der Waals surface area contributed by atoms with Gasteiger partial charge >= 0.3 is 5.97 Å². The lowest BCUT2D eigenvalue weighted by molar-refractivity contribution is 0.0696. The quantitative estimate of drug-likeness (QED) is 0.747. The molecule has 110 valence electrons. The summed E-state index contributed by atoms with van der Waals surface area (Å²) in [7, 11) is 0. The fraction of sp³-hybridized carbons (Fsp3) is 0.231. The summed E-state index contributed by atoms with van der Waals surface area (Å²) in [4.78, 5) is 23.3. The molecule has 0 atom stereocenters. The maximum atomic E-state index is 12.2. The number of hydrogen-bond acceptors (Lipinski definition) is 6. The molecular formula is C13H13N3O4S. The van der Waals surface area contributed by atoms with Crippen molar-refractivity contribution in [3.05, 3.63) is 34.3 Å². The minimum Gasteiger partial charge on any atom is -0.506 e. The summed E-state index contributed by atoms with van der Waals surface area (Å²) in [6.45, 7) is 3.79. The maximum Gasteiger partial charge on any atom is 0.335 e. The highest BCUT2D eigenvalue weighted by atomic mass is 32.1. The summed E-state index contributed by atoms with van der Waals surface area (Å²) < 4.78 is 3.76. The Kier molecular flexibility index (Phi) is 4.18. The van der Waals surface area contributed by atoms with Crippen molar-refractivity contribution in [2.45, 2.75) is 19.8 Å². The summed E-state index contributed by atoms with van der Waals surface area (Å²) in [5, 5.41) is 25.0. The second-order valence-electron chi connectivity index (χ2n) is 4.63. The van der Waals surface area contributed by atoms with Crippen molar-refractivity contribution in [1.29, 1.82) is 0 Å². The predicted molar refractivity (Wildman–Crippen MR) is 77.0 cm³/mol. The highest BCUT2D eigenvalue weighted by Crippen LogP contribution is 2.26. The van der Waals surface area contributed by atoms with E-state index in [0.717, 1.165) is 17.6 Å². The number of carboxylic acids is 1. The Balaban J connectivity index is 2.24. The van der Waals surface area contributed by atoms with Crippen LogP contribution in [0.2, 0.25) is 0 Å². The number of nitrogens with zero attached hydrogens (tertiary/aromatic N) is 2. The smallest absolute Gasteiger partial charge is 0.335 e. The molecule has 3 N–H and O–H groups in total. The standard InChI is InChI=1S/C13H13N3O4S/c1-6(2)10-11(21-16-15-10)12(18)14-8-4-3-7(13(19)20)5-9(8)17/h3-6,17H,1-2H3,(H,14,18)(H,19,20). The van der Waals surface area contributed by atoms with E-state index >= 15 is 0 Å². The third-order valence-corrected chi connectivity index (χ3v) is 3.50. The number of hydrogen-bond donors (Lipinski definition) is 3. The number of phenols is 1. The number of aromatic nitrogens is 2. The summed E-state index contributed by atoms with van der Waals surface area (Å²) >= 11 is 0.970. The normalized spacial score (nSPS) is 10.6. The average Bonchev–Trinajstić information content (AvgIpc) is 2.90. The molecule has 0 spiro atoms. The second kappa shape index (κ2) is 5.88. The zero-order valence-electron chi connectivity index (χ0n) is 11.3. The van der Waals surface area contributed by atoms with E-state index in [9.17, 15) is 14.7 Å². The molecule has 8 heteroatoms. The molecule has 1 aromatic heterocycles.